The number of sulfonamides is 1. The summed E-state index contributed by atoms with van der Waals surface area (Å²) >= 11 is 0. The van der Waals surface area contributed by atoms with Crippen LogP contribution in [0.15, 0.2) is 43.3 Å². The summed E-state index contributed by atoms with van der Waals surface area (Å²) in [6, 6.07) is 5.51. The number of alkyl halides is 1. The Kier molecular flexibility index (Phi) is 5.17. The summed E-state index contributed by atoms with van der Waals surface area (Å²) in [4.78, 5) is 26.3. The lowest BCUT2D eigenvalue weighted by Gasteiger charge is -2.20. The van der Waals surface area contributed by atoms with Crippen LogP contribution in [0.1, 0.15) is 45.1 Å². The number of benzene rings is 1. The highest BCUT2D eigenvalue weighted by Gasteiger charge is 2.41. The monoisotopic (exact) mass is 464 g/mol. The van der Waals surface area contributed by atoms with Gasteiger partial charge in [0, 0.05) is 11.6 Å². The van der Waals surface area contributed by atoms with Crippen molar-refractivity contribution in [3.05, 3.63) is 56.6 Å². The molecule has 3 aromatic rings. The van der Waals surface area contributed by atoms with Crippen LogP contribution in [0.3, 0.4) is 0 Å². The van der Waals surface area contributed by atoms with E-state index in [4.69, 9.17) is 4.52 Å². The van der Waals surface area contributed by atoms with Crippen LogP contribution < -0.4 is 16.0 Å². The van der Waals surface area contributed by atoms with E-state index in [1.807, 2.05) is 0 Å². The number of aryl methyl sites for hydroxylation is 1. The first kappa shape index (κ1) is 22.4. The highest BCUT2D eigenvalue weighted by Crippen LogP contribution is 2.36. The molecule has 2 heterocycles. The minimum Gasteiger partial charge on any atom is -0.359 e. The van der Waals surface area contributed by atoms with Gasteiger partial charge in [-0.1, -0.05) is 5.16 Å². The van der Waals surface area contributed by atoms with Gasteiger partial charge in [0.1, 0.15) is 5.67 Å². The predicted molar refractivity (Wildman–Crippen MR) is 116 cm³/mol. The van der Waals surface area contributed by atoms with Crippen molar-refractivity contribution in [1.29, 1.82) is 0 Å². The Morgan fingerprint density at radius 2 is 1.91 bits per heavy atom. The zero-order chi connectivity index (χ0) is 23.5. The normalized spacial score (nSPS) is 15.9. The fourth-order valence-corrected chi connectivity index (χ4v) is 5.05. The van der Waals surface area contributed by atoms with Gasteiger partial charge in [0.15, 0.2) is 5.76 Å². The van der Waals surface area contributed by atoms with Crippen LogP contribution in [0, 0.1) is 6.92 Å². The van der Waals surface area contributed by atoms with E-state index in [0.717, 1.165) is 22.0 Å². The first-order valence-corrected chi connectivity index (χ1v) is 11.7. The molecule has 0 amide bonds. The maximum Gasteiger partial charge on any atom is 0.332 e. The Hall–Kier alpha value is -2.79. The average molecular weight is 465 g/mol. The maximum absolute atomic E-state index is 14.5. The number of aromatic nitrogens is 3. The molecule has 0 atom stereocenters. The molecule has 0 unspecified atom stereocenters. The molecule has 2 aromatic heterocycles. The van der Waals surface area contributed by atoms with Crippen LogP contribution in [-0.4, -0.2) is 33.9 Å². The molecule has 1 saturated carbocycles. The van der Waals surface area contributed by atoms with Gasteiger partial charge in [0.05, 0.1) is 34.6 Å². The van der Waals surface area contributed by atoms with Gasteiger partial charge in [-0.05, 0) is 58.7 Å². The van der Waals surface area contributed by atoms with Gasteiger partial charge >= 0.3 is 5.69 Å². The quantitative estimate of drug-likeness (QED) is 0.572. The number of fused-ring (bicyclic) bond motifs is 1. The van der Waals surface area contributed by atoms with E-state index in [0.29, 0.717) is 5.69 Å². The van der Waals surface area contributed by atoms with Gasteiger partial charge < -0.3 is 4.52 Å². The second kappa shape index (κ2) is 7.38. The molecule has 1 aliphatic rings. The Bertz CT molecular complexity index is 1430. The number of nitrogens with one attached hydrogen (secondary N) is 1. The molecule has 172 valence electrons. The van der Waals surface area contributed by atoms with E-state index in [9.17, 15) is 22.4 Å². The Morgan fingerprint density at radius 1 is 1.22 bits per heavy atom. The van der Waals surface area contributed by atoms with E-state index in [2.05, 4.69) is 9.88 Å². The Labute approximate surface area is 183 Å². The van der Waals surface area contributed by atoms with Crippen molar-refractivity contribution in [2.24, 2.45) is 0 Å². The van der Waals surface area contributed by atoms with Crippen molar-refractivity contribution >= 4 is 20.9 Å². The standard InChI is InChI=1S/C21H25FN4O5S/c1-13-9-14(31-23-13)11-25-18(27)16-10-15(32(29,30)24-21(4)7-8-21)5-6-17(16)26(19(25)28)12-20(2,3)22/h5-6,9-10,24H,7-8,11-12H2,1-4H3. The molecule has 1 N–H and O–H groups in total. The summed E-state index contributed by atoms with van der Waals surface area (Å²) in [6.07, 6.45) is 1.46. The van der Waals surface area contributed by atoms with Crippen molar-refractivity contribution in [2.75, 3.05) is 0 Å². The number of rotatable bonds is 7. The third kappa shape index (κ3) is 4.40. The number of halogens is 1. The molecule has 0 saturated heterocycles. The zero-order valence-electron chi connectivity index (χ0n) is 18.3. The summed E-state index contributed by atoms with van der Waals surface area (Å²) in [7, 11) is -3.88. The molecular weight excluding hydrogens is 439 g/mol. The molecule has 9 nitrogen and oxygen atoms in total. The van der Waals surface area contributed by atoms with Gasteiger partial charge in [0.2, 0.25) is 10.0 Å². The molecule has 0 bridgehead atoms. The van der Waals surface area contributed by atoms with E-state index in [1.165, 1.54) is 32.0 Å². The number of hydrogen-bond donors (Lipinski definition) is 1. The summed E-state index contributed by atoms with van der Waals surface area (Å²) in [5, 5.41) is 3.75. The highest BCUT2D eigenvalue weighted by molar-refractivity contribution is 7.89. The van der Waals surface area contributed by atoms with Crippen molar-refractivity contribution in [3.8, 4) is 0 Å². The molecular formula is C21H25FN4O5S. The minimum absolute atomic E-state index is 0.00564. The van der Waals surface area contributed by atoms with Crippen LogP contribution in [0.5, 0.6) is 0 Å². The lowest BCUT2D eigenvalue weighted by atomic mass is 10.1. The van der Waals surface area contributed by atoms with E-state index in [-0.39, 0.29) is 34.6 Å². The van der Waals surface area contributed by atoms with Crippen LogP contribution >= 0.6 is 0 Å². The van der Waals surface area contributed by atoms with Gasteiger partial charge in [0.25, 0.3) is 5.56 Å². The molecule has 1 aromatic carbocycles. The second-order valence-electron chi connectivity index (χ2n) is 9.26. The van der Waals surface area contributed by atoms with Crippen molar-refractivity contribution in [1.82, 2.24) is 19.0 Å². The molecule has 11 heteroatoms. The highest BCUT2D eigenvalue weighted by atomic mass is 32.2. The Morgan fingerprint density at radius 3 is 2.47 bits per heavy atom. The predicted octanol–water partition coefficient (Wildman–Crippen LogP) is 2.09. The van der Waals surface area contributed by atoms with E-state index < -0.39 is 32.5 Å². The molecule has 0 radical (unpaired) electrons. The molecule has 32 heavy (non-hydrogen) atoms. The number of nitrogens with zero attached hydrogens (tertiary/aromatic N) is 3. The SMILES string of the molecule is Cc1cc(Cn2c(=O)c3cc(S(=O)(=O)NC4(C)CC4)ccc3n(CC(C)(C)F)c2=O)on1. The van der Waals surface area contributed by atoms with Crippen molar-refractivity contribution in [3.63, 3.8) is 0 Å². The van der Waals surface area contributed by atoms with Crippen molar-refractivity contribution < 1.29 is 17.3 Å². The fourth-order valence-electron chi connectivity index (χ4n) is 3.56. The second-order valence-corrected chi connectivity index (χ2v) is 10.9. The van der Waals surface area contributed by atoms with Crippen LogP contribution in [0.4, 0.5) is 4.39 Å². The summed E-state index contributed by atoms with van der Waals surface area (Å²) in [5.41, 5.74) is -2.92. The minimum atomic E-state index is -3.88. The lowest BCUT2D eigenvalue weighted by Crippen LogP contribution is -2.42. The van der Waals surface area contributed by atoms with Gasteiger partial charge in [-0.25, -0.2) is 22.3 Å². The van der Waals surface area contributed by atoms with Crippen LogP contribution in [-0.2, 0) is 23.1 Å². The maximum atomic E-state index is 14.5. The molecule has 1 aliphatic carbocycles. The van der Waals surface area contributed by atoms with Crippen LogP contribution in [0.25, 0.3) is 10.9 Å². The third-order valence-electron chi connectivity index (χ3n) is 5.41. The lowest BCUT2D eigenvalue weighted by molar-refractivity contribution is 0.184. The molecule has 0 spiro atoms. The zero-order valence-corrected chi connectivity index (χ0v) is 19.1. The smallest absolute Gasteiger partial charge is 0.332 e. The van der Waals surface area contributed by atoms with E-state index in [1.54, 1.807) is 19.9 Å². The largest absolute Gasteiger partial charge is 0.359 e. The number of hydrogen-bond acceptors (Lipinski definition) is 6. The Balaban J connectivity index is 1.92. The molecule has 0 aliphatic heterocycles. The average Bonchev–Trinajstić information content (AvgIpc) is 3.25. The van der Waals surface area contributed by atoms with Gasteiger partial charge in [-0.3, -0.25) is 13.9 Å². The summed E-state index contributed by atoms with van der Waals surface area (Å²) < 4.78 is 50.0. The first-order chi connectivity index (χ1) is 14.8. The third-order valence-corrected chi connectivity index (χ3v) is 7.05. The summed E-state index contributed by atoms with van der Waals surface area (Å²) in [5.74, 6) is 0.277. The fraction of sp³-hybridized carbons (Fsp3) is 0.476. The summed E-state index contributed by atoms with van der Waals surface area (Å²) in [6.45, 7) is 5.61. The van der Waals surface area contributed by atoms with Crippen molar-refractivity contribution in [2.45, 2.75) is 69.7 Å². The molecule has 1 fully saturated rings. The molecule has 4 rings (SSSR count). The first-order valence-electron chi connectivity index (χ1n) is 10.2. The van der Waals surface area contributed by atoms with Gasteiger partial charge in [-0.2, -0.15) is 0 Å². The van der Waals surface area contributed by atoms with E-state index >= 15 is 0 Å². The topological polar surface area (TPSA) is 116 Å². The van der Waals surface area contributed by atoms with Crippen LogP contribution in [0.2, 0.25) is 0 Å². The van der Waals surface area contributed by atoms with Gasteiger partial charge in [-0.15, -0.1) is 0 Å².